The summed E-state index contributed by atoms with van der Waals surface area (Å²) in [5, 5.41) is 0. The van der Waals surface area contributed by atoms with E-state index < -0.39 is 11.4 Å². The van der Waals surface area contributed by atoms with E-state index in [0.29, 0.717) is 0 Å². The standard InChI is InChI=1S/C11H16O3S/c1-2-3-4-10-5-7-11(8-6-10)9-14-15(12)13/h5-8H,2-4,9H2,1H3,(H,12,13). The topological polar surface area (TPSA) is 46.5 Å². The van der Waals surface area contributed by atoms with Gasteiger partial charge < -0.3 is 0 Å². The van der Waals surface area contributed by atoms with Crippen molar-refractivity contribution in [2.24, 2.45) is 0 Å². The number of aryl methyl sites for hydroxylation is 1. The Bertz CT molecular complexity index is 308. The van der Waals surface area contributed by atoms with Gasteiger partial charge in [-0.1, -0.05) is 37.6 Å². The number of hydrogen-bond donors (Lipinski definition) is 1. The summed E-state index contributed by atoms with van der Waals surface area (Å²) in [6.45, 7) is 2.34. The zero-order valence-corrected chi connectivity index (χ0v) is 9.63. The van der Waals surface area contributed by atoms with Gasteiger partial charge in [0.2, 0.25) is 0 Å². The van der Waals surface area contributed by atoms with Crippen molar-refractivity contribution >= 4 is 11.4 Å². The van der Waals surface area contributed by atoms with Crippen LogP contribution < -0.4 is 0 Å². The number of benzene rings is 1. The minimum Gasteiger partial charge on any atom is -0.284 e. The quantitative estimate of drug-likeness (QED) is 0.761. The van der Waals surface area contributed by atoms with Crippen molar-refractivity contribution in [2.45, 2.75) is 32.8 Å². The van der Waals surface area contributed by atoms with Crippen LogP contribution in [0.1, 0.15) is 30.9 Å². The zero-order chi connectivity index (χ0) is 11.1. The molecular formula is C11H16O3S. The summed E-state index contributed by atoms with van der Waals surface area (Å²) in [5.74, 6) is 0. The molecule has 1 rings (SSSR count). The van der Waals surface area contributed by atoms with Gasteiger partial charge in [-0.2, -0.15) is 4.21 Å². The maximum absolute atomic E-state index is 10.3. The molecule has 1 aromatic carbocycles. The Labute approximate surface area is 93.0 Å². The lowest BCUT2D eigenvalue weighted by Crippen LogP contribution is -1.96. The molecule has 4 heteroatoms. The molecule has 3 nitrogen and oxygen atoms in total. The summed E-state index contributed by atoms with van der Waals surface area (Å²) in [7, 11) is 0. The molecule has 0 aliphatic carbocycles. The first-order valence-corrected chi connectivity index (χ1v) is 6.07. The average molecular weight is 228 g/mol. The summed E-state index contributed by atoms with van der Waals surface area (Å²) in [4.78, 5) is 0. The molecule has 15 heavy (non-hydrogen) atoms. The van der Waals surface area contributed by atoms with Crippen LogP contribution in [-0.2, 0) is 28.6 Å². The van der Waals surface area contributed by atoms with Crippen molar-refractivity contribution in [3.05, 3.63) is 35.4 Å². The van der Waals surface area contributed by atoms with Crippen molar-refractivity contribution in [1.29, 1.82) is 0 Å². The van der Waals surface area contributed by atoms with Gasteiger partial charge in [-0.25, -0.2) is 0 Å². The Morgan fingerprint density at radius 3 is 2.40 bits per heavy atom. The molecule has 1 N–H and O–H groups in total. The van der Waals surface area contributed by atoms with Crippen molar-refractivity contribution < 1.29 is 12.9 Å². The number of rotatable bonds is 6. The minimum absolute atomic E-state index is 0.178. The van der Waals surface area contributed by atoms with Crippen LogP contribution in [0.25, 0.3) is 0 Å². The molecule has 1 unspecified atom stereocenters. The Hall–Kier alpha value is -0.710. The van der Waals surface area contributed by atoms with Crippen LogP contribution in [0, 0.1) is 0 Å². The van der Waals surface area contributed by atoms with E-state index in [1.54, 1.807) is 0 Å². The lowest BCUT2D eigenvalue weighted by Gasteiger charge is -2.02. The van der Waals surface area contributed by atoms with E-state index in [0.717, 1.165) is 12.0 Å². The van der Waals surface area contributed by atoms with Crippen molar-refractivity contribution in [2.75, 3.05) is 0 Å². The second kappa shape index (κ2) is 6.71. The molecule has 0 heterocycles. The molecule has 0 saturated carbocycles. The second-order valence-corrected chi connectivity index (χ2v) is 4.07. The smallest absolute Gasteiger partial charge is 0.284 e. The van der Waals surface area contributed by atoms with Gasteiger partial charge in [0.25, 0.3) is 0 Å². The maximum atomic E-state index is 10.3. The molecule has 0 bridgehead atoms. The van der Waals surface area contributed by atoms with Gasteiger partial charge in [0, 0.05) is 0 Å². The second-order valence-electron chi connectivity index (χ2n) is 3.40. The Morgan fingerprint density at radius 2 is 1.87 bits per heavy atom. The third-order valence-corrected chi connectivity index (χ3v) is 2.49. The number of unbranched alkanes of at least 4 members (excludes halogenated alkanes) is 1. The molecule has 0 aliphatic heterocycles. The summed E-state index contributed by atoms with van der Waals surface area (Å²) in [6.07, 6.45) is 3.47. The van der Waals surface area contributed by atoms with E-state index in [1.165, 1.54) is 18.4 Å². The van der Waals surface area contributed by atoms with E-state index in [4.69, 9.17) is 4.55 Å². The molecule has 1 atom stereocenters. The van der Waals surface area contributed by atoms with Gasteiger partial charge in [-0.05, 0) is 24.0 Å². The van der Waals surface area contributed by atoms with E-state index in [9.17, 15) is 4.21 Å². The summed E-state index contributed by atoms with van der Waals surface area (Å²) in [6, 6.07) is 7.93. The highest BCUT2D eigenvalue weighted by Gasteiger charge is 1.97. The summed E-state index contributed by atoms with van der Waals surface area (Å²) < 4.78 is 23.3. The Balaban J connectivity index is 2.45. The highest BCUT2D eigenvalue weighted by atomic mass is 32.2. The number of hydrogen-bond acceptors (Lipinski definition) is 2. The molecule has 0 aromatic heterocycles. The van der Waals surface area contributed by atoms with Gasteiger partial charge in [-0.3, -0.25) is 8.74 Å². The van der Waals surface area contributed by atoms with Crippen LogP contribution in [-0.4, -0.2) is 8.76 Å². The Kier molecular flexibility index (Phi) is 5.53. The van der Waals surface area contributed by atoms with Crippen molar-refractivity contribution in [1.82, 2.24) is 0 Å². The SMILES string of the molecule is CCCCc1ccc(COS(=O)O)cc1. The predicted octanol–water partition coefficient (Wildman–Crippen LogP) is 2.68. The molecule has 0 spiro atoms. The van der Waals surface area contributed by atoms with E-state index >= 15 is 0 Å². The molecule has 0 fully saturated rings. The lowest BCUT2D eigenvalue weighted by molar-refractivity contribution is 0.297. The van der Waals surface area contributed by atoms with Crippen molar-refractivity contribution in [3.8, 4) is 0 Å². The van der Waals surface area contributed by atoms with Gasteiger partial charge in [0.05, 0.1) is 6.61 Å². The van der Waals surface area contributed by atoms with Gasteiger partial charge in [0.1, 0.15) is 0 Å². The molecule has 1 aromatic rings. The summed E-state index contributed by atoms with van der Waals surface area (Å²) in [5.41, 5.74) is 2.21. The fourth-order valence-corrected chi connectivity index (χ4v) is 1.54. The third-order valence-electron chi connectivity index (χ3n) is 2.17. The van der Waals surface area contributed by atoms with Gasteiger partial charge in [-0.15, -0.1) is 0 Å². The van der Waals surface area contributed by atoms with Gasteiger partial charge >= 0.3 is 11.4 Å². The maximum Gasteiger partial charge on any atom is 0.302 e. The monoisotopic (exact) mass is 228 g/mol. The normalized spacial score (nSPS) is 12.7. The average Bonchev–Trinajstić information content (AvgIpc) is 2.25. The largest absolute Gasteiger partial charge is 0.302 e. The predicted molar refractivity (Wildman–Crippen MR) is 60.6 cm³/mol. The fourth-order valence-electron chi connectivity index (χ4n) is 1.30. The van der Waals surface area contributed by atoms with Gasteiger partial charge in [0.15, 0.2) is 0 Å². The third kappa shape index (κ3) is 5.06. The molecule has 0 amide bonds. The molecule has 84 valence electrons. The summed E-state index contributed by atoms with van der Waals surface area (Å²) >= 11 is -2.18. The van der Waals surface area contributed by atoms with Crippen LogP contribution in [0.4, 0.5) is 0 Å². The fraction of sp³-hybridized carbons (Fsp3) is 0.455. The van der Waals surface area contributed by atoms with Crippen LogP contribution in [0.5, 0.6) is 0 Å². The molecule has 0 radical (unpaired) electrons. The molecule has 0 saturated heterocycles. The lowest BCUT2D eigenvalue weighted by atomic mass is 10.1. The van der Waals surface area contributed by atoms with Crippen molar-refractivity contribution in [3.63, 3.8) is 0 Å². The first-order chi connectivity index (χ1) is 7.22. The van der Waals surface area contributed by atoms with Crippen LogP contribution in [0.2, 0.25) is 0 Å². The van der Waals surface area contributed by atoms with E-state index in [1.807, 2.05) is 24.3 Å². The highest BCUT2D eigenvalue weighted by Crippen LogP contribution is 2.09. The first-order valence-electron chi connectivity index (χ1n) is 5.04. The molecule has 0 aliphatic rings. The van der Waals surface area contributed by atoms with E-state index in [-0.39, 0.29) is 6.61 Å². The highest BCUT2D eigenvalue weighted by molar-refractivity contribution is 7.74. The van der Waals surface area contributed by atoms with Crippen LogP contribution in [0.15, 0.2) is 24.3 Å². The Morgan fingerprint density at radius 1 is 1.27 bits per heavy atom. The van der Waals surface area contributed by atoms with E-state index in [2.05, 4.69) is 11.1 Å². The molecular weight excluding hydrogens is 212 g/mol. The zero-order valence-electron chi connectivity index (χ0n) is 8.81. The first kappa shape index (κ1) is 12.4. The minimum atomic E-state index is -2.18. The van der Waals surface area contributed by atoms with Crippen LogP contribution in [0.3, 0.4) is 0 Å². The van der Waals surface area contributed by atoms with Crippen LogP contribution >= 0.6 is 0 Å².